The minimum absolute atomic E-state index is 0.531. The molecule has 7 heteroatoms. The molecule has 0 radical (unpaired) electrons. The van der Waals surface area contributed by atoms with E-state index in [4.69, 9.17) is 10.2 Å². The number of aromatic nitrogens is 1. The van der Waals surface area contributed by atoms with Crippen molar-refractivity contribution >= 4 is 29.5 Å². The number of carboxylic acids is 2. The number of aliphatic carboxylic acids is 2. The third-order valence-electron chi connectivity index (χ3n) is 1.47. The van der Waals surface area contributed by atoms with Gasteiger partial charge in [0.2, 0.25) is 0 Å². The Bertz CT molecular complexity index is 374. The number of carbonyl (C=O) groups is 2. The van der Waals surface area contributed by atoms with Crippen molar-refractivity contribution < 1.29 is 19.8 Å². The predicted octanol–water partition coefficient (Wildman–Crippen LogP) is 0.490. The molecule has 1 aromatic heterocycles. The average Bonchev–Trinajstić information content (AvgIpc) is 2.63. The van der Waals surface area contributed by atoms with Crippen LogP contribution in [0.1, 0.15) is 11.4 Å². The maximum Gasteiger partial charge on any atom is 0.329 e. The highest BCUT2D eigenvalue weighted by atomic mass is 32.1. The topological polar surface area (TPSA) is 99.9 Å². The number of carboxylic acid groups (broad SMARTS) is 2. The molecule has 1 atom stereocenters. The molecule has 0 amide bonds. The van der Waals surface area contributed by atoms with Crippen LogP contribution in [0.2, 0.25) is 0 Å². The van der Waals surface area contributed by atoms with E-state index in [1.807, 2.05) is 0 Å². The standard InChI is InChI=1S/C8H8N2O4S/c11-7(12)3-5(8(13)14)10-4-6-9-1-2-15-6/h1-2,4-5H,3H2,(H,11,12)(H,13,14)/b10-4+. The number of rotatable bonds is 5. The Labute approximate surface area is 88.9 Å². The highest BCUT2D eigenvalue weighted by Crippen LogP contribution is 2.03. The summed E-state index contributed by atoms with van der Waals surface area (Å²) in [7, 11) is 0. The van der Waals surface area contributed by atoms with Gasteiger partial charge in [0.05, 0.1) is 12.6 Å². The van der Waals surface area contributed by atoms with Crippen LogP contribution < -0.4 is 0 Å². The third kappa shape index (κ3) is 3.86. The molecular weight excluding hydrogens is 220 g/mol. The molecule has 6 nitrogen and oxygen atoms in total. The Morgan fingerprint density at radius 2 is 2.33 bits per heavy atom. The van der Waals surface area contributed by atoms with Gasteiger partial charge in [-0.3, -0.25) is 9.79 Å². The van der Waals surface area contributed by atoms with Gasteiger partial charge in [-0.2, -0.15) is 0 Å². The van der Waals surface area contributed by atoms with Gasteiger partial charge in [0, 0.05) is 11.6 Å². The average molecular weight is 228 g/mol. The lowest BCUT2D eigenvalue weighted by Crippen LogP contribution is -2.21. The van der Waals surface area contributed by atoms with Crippen LogP contribution in [-0.2, 0) is 9.59 Å². The number of hydrogen-bond donors (Lipinski definition) is 2. The van der Waals surface area contributed by atoms with Gasteiger partial charge in [-0.05, 0) is 0 Å². The molecule has 15 heavy (non-hydrogen) atoms. The lowest BCUT2D eigenvalue weighted by atomic mass is 10.2. The Morgan fingerprint density at radius 3 is 2.80 bits per heavy atom. The molecule has 0 aromatic carbocycles. The summed E-state index contributed by atoms with van der Waals surface area (Å²) in [4.78, 5) is 28.4. The highest BCUT2D eigenvalue weighted by molar-refractivity contribution is 7.11. The second-order valence-corrected chi connectivity index (χ2v) is 3.53. The summed E-state index contributed by atoms with van der Waals surface area (Å²) in [5, 5.41) is 19.4. The molecule has 0 spiro atoms. The highest BCUT2D eigenvalue weighted by Gasteiger charge is 2.18. The van der Waals surface area contributed by atoms with E-state index in [0.717, 1.165) is 0 Å². The van der Waals surface area contributed by atoms with E-state index in [1.54, 1.807) is 11.6 Å². The lowest BCUT2D eigenvalue weighted by molar-refractivity contribution is -0.144. The molecule has 0 fully saturated rings. The minimum Gasteiger partial charge on any atom is -0.481 e. The largest absolute Gasteiger partial charge is 0.481 e. The monoisotopic (exact) mass is 228 g/mol. The smallest absolute Gasteiger partial charge is 0.329 e. The third-order valence-corrected chi connectivity index (χ3v) is 2.18. The van der Waals surface area contributed by atoms with Gasteiger partial charge in [-0.25, -0.2) is 9.78 Å². The van der Waals surface area contributed by atoms with Gasteiger partial charge >= 0.3 is 11.9 Å². The molecule has 1 heterocycles. The molecule has 0 bridgehead atoms. The van der Waals surface area contributed by atoms with E-state index >= 15 is 0 Å². The SMILES string of the molecule is O=C(O)CC(/N=C/c1nccs1)C(=O)O. The zero-order chi connectivity index (χ0) is 11.3. The van der Waals surface area contributed by atoms with Crippen LogP contribution in [0.5, 0.6) is 0 Å². The maximum atomic E-state index is 10.6. The van der Waals surface area contributed by atoms with Crippen LogP contribution in [-0.4, -0.2) is 39.4 Å². The first-order valence-corrected chi connectivity index (χ1v) is 4.85. The summed E-state index contributed by atoms with van der Waals surface area (Å²) >= 11 is 1.29. The first-order valence-electron chi connectivity index (χ1n) is 3.97. The van der Waals surface area contributed by atoms with Crippen LogP contribution in [0.25, 0.3) is 0 Å². The Hall–Kier alpha value is -1.76. The number of nitrogens with zero attached hydrogens (tertiary/aromatic N) is 2. The molecule has 80 valence electrons. The molecule has 1 aromatic rings. The quantitative estimate of drug-likeness (QED) is 0.714. The molecule has 1 rings (SSSR count). The fourth-order valence-corrected chi connectivity index (χ4v) is 1.33. The summed E-state index contributed by atoms with van der Waals surface area (Å²) in [6, 6.07) is -1.26. The number of thiazole rings is 1. The summed E-state index contributed by atoms with van der Waals surface area (Å²) in [6.45, 7) is 0. The zero-order valence-corrected chi connectivity index (χ0v) is 8.35. The first kappa shape index (κ1) is 11.3. The molecule has 0 aliphatic rings. The Balaban J connectivity index is 2.66. The van der Waals surface area contributed by atoms with Crippen molar-refractivity contribution in [3.05, 3.63) is 16.6 Å². The second-order valence-electron chi connectivity index (χ2n) is 2.60. The fraction of sp³-hybridized carbons (Fsp3) is 0.250. The van der Waals surface area contributed by atoms with E-state index in [0.29, 0.717) is 5.01 Å². The molecular formula is C8H8N2O4S. The minimum atomic E-state index is -1.26. The van der Waals surface area contributed by atoms with Crippen molar-refractivity contribution in [1.29, 1.82) is 0 Å². The van der Waals surface area contributed by atoms with E-state index in [-0.39, 0.29) is 0 Å². The fourth-order valence-electron chi connectivity index (χ4n) is 0.821. The molecule has 0 aliphatic carbocycles. The molecule has 0 aliphatic heterocycles. The van der Waals surface area contributed by atoms with Crippen LogP contribution in [0.4, 0.5) is 0 Å². The Kier molecular flexibility index (Phi) is 3.92. The van der Waals surface area contributed by atoms with E-state index in [1.165, 1.54) is 17.6 Å². The first-order chi connectivity index (χ1) is 7.09. The van der Waals surface area contributed by atoms with Crippen LogP contribution in [0.15, 0.2) is 16.6 Å². The zero-order valence-electron chi connectivity index (χ0n) is 7.53. The summed E-state index contributed by atoms with van der Waals surface area (Å²) in [6.07, 6.45) is 2.29. The summed E-state index contributed by atoms with van der Waals surface area (Å²) < 4.78 is 0. The summed E-state index contributed by atoms with van der Waals surface area (Å²) in [5.41, 5.74) is 0. The predicted molar refractivity (Wildman–Crippen MR) is 53.4 cm³/mol. The number of aliphatic imine (C=N–C) groups is 1. The second kappa shape index (κ2) is 5.20. The van der Waals surface area contributed by atoms with Gasteiger partial charge in [0.15, 0.2) is 6.04 Å². The normalized spacial score (nSPS) is 12.8. The van der Waals surface area contributed by atoms with Crippen LogP contribution in [0.3, 0.4) is 0 Å². The van der Waals surface area contributed by atoms with E-state index < -0.39 is 24.4 Å². The van der Waals surface area contributed by atoms with Crippen LogP contribution in [0, 0.1) is 0 Å². The maximum absolute atomic E-state index is 10.6. The number of hydrogen-bond acceptors (Lipinski definition) is 5. The Morgan fingerprint density at radius 1 is 1.60 bits per heavy atom. The molecule has 0 saturated heterocycles. The molecule has 2 N–H and O–H groups in total. The lowest BCUT2D eigenvalue weighted by Gasteiger charge is -2.01. The van der Waals surface area contributed by atoms with Crippen LogP contribution >= 0.6 is 11.3 Å². The van der Waals surface area contributed by atoms with Crippen molar-refractivity contribution in [2.24, 2.45) is 4.99 Å². The van der Waals surface area contributed by atoms with Gasteiger partial charge in [-0.15, -0.1) is 11.3 Å². The van der Waals surface area contributed by atoms with Gasteiger partial charge in [-0.1, -0.05) is 0 Å². The van der Waals surface area contributed by atoms with Crippen molar-refractivity contribution in [2.45, 2.75) is 12.5 Å². The van der Waals surface area contributed by atoms with E-state index in [2.05, 4.69) is 9.98 Å². The van der Waals surface area contributed by atoms with Crippen molar-refractivity contribution in [2.75, 3.05) is 0 Å². The van der Waals surface area contributed by atoms with Gasteiger partial charge < -0.3 is 10.2 Å². The van der Waals surface area contributed by atoms with E-state index in [9.17, 15) is 9.59 Å². The van der Waals surface area contributed by atoms with Crippen molar-refractivity contribution in [1.82, 2.24) is 4.98 Å². The van der Waals surface area contributed by atoms with Crippen molar-refractivity contribution in [3.8, 4) is 0 Å². The molecule has 0 saturated carbocycles. The van der Waals surface area contributed by atoms with Gasteiger partial charge in [0.25, 0.3) is 0 Å². The van der Waals surface area contributed by atoms with Crippen molar-refractivity contribution in [3.63, 3.8) is 0 Å². The molecule has 1 unspecified atom stereocenters. The van der Waals surface area contributed by atoms with Gasteiger partial charge in [0.1, 0.15) is 5.01 Å². The summed E-state index contributed by atoms with van der Waals surface area (Å²) in [5.74, 6) is -2.45.